The number of carbonyl (C=O) groups is 1. The molecule has 0 saturated heterocycles. The first-order chi connectivity index (χ1) is 9.65. The number of para-hydroxylation sites is 1. The van der Waals surface area contributed by atoms with Gasteiger partial charge in [-0.2, -0.15) is 0 Å². The Morgan fingerprint density at radius 3 is 2.85 bits per heavy atom. The Bertz CT molecular complexity index is 653. The summed E-state index contributed by atoms with van der Waals surface area (Å²) in [6.45, 7) is 2.05. The second-order valence-electron chi connectivity index (χ2n) is 5.25. The number of fused-ring (bicyclic) bond motifs is 1. The Labute approximate surface area is 117 Å². The molecular formula is C17H16FNO. The molecule has 1 aliphatic heterocycles. The number of nitrogens with zero attached hydrogens (tertiary/aromatic N) is 1. The summed E-state index contributed by atoms with van der Waals surface area (Å²) in [6.07, 6.45) is 1.11. The van der Waals surface area contributed by atoms with E-state index in [4.69, 9.17) is 0 Å². The molecule has 0 spiro atoms. The van der Waals surface area contributed by atoms with Crippen LogP contribution in [-0.4, -0.2) is 11.9 Å². The van der Waals surface area contributed by atoms with Crippen molar-refractivity contribution in [3.8, 4) is 0 Å². The molecule has 3 rings (SSSR count). The van der Waals surface area contributed by atoms with E-state index < -0.39 is 0 Å². The second kappa shape index (κ2) is 5.08. The normalized spacial score (nSPS) is 17.1. The van der Waals surface area contributed by atoms with Crippen molar-refractivity contribution in [1.82, 2.24) is 0 Å². The topological polar surface area (TPSA) is 20.3 Å². The van der Waals surface area contributed by atoms with Crippen molar-refractivity contribution in [3.05, 3.63) is 65.5 Å². The highest BCUT2D eigenvalue weighted by Crippen LogP contribution is 2.32. The predicted molar refractivity (Wildman–Crippen MR) is 77.2 cm³/mol. The average molecular weight is 269 g/mol. The van der Waals surface area contributed by atoms with Crippen LogP contribution in [0.5, 0.6) is 0 Å². The lowest BCUT2D eigenvalue weighted by molar-refractivity contribution is -0.118. The van der Waals surface area contributed by atoms with E-state index in [1.807, 2.05) is 30.0 Å². The van der Waals surface area contributed by atoms with Crippen LogP contribution in [0.3, 0.4) is 0 Å². The average Bonchev–Trinajstić information content (AvgIpc) is 2.74. The van der Waals surface area contributed by atoms with E-state index in [0.717, 1.165) is 12.1 Å². The number of carbonyl (C=O) groups excluding carboxylic acids is 1. The number of anilines is 1. The molecule has 0 aliphatic carbocycles. The van der Waals surface area contributed by atoms with Gasteiger partial charge < -0.3 is 4.90 Å². The Balaban J connectivity index is 1.84. The molecule has 0 radical (unpaired) electrons. The zero-order valence-electron chi connectivity index (χ0n) is 11.3. The van der Waals surface area contributed by atoms with Gasteiger partial charge in [-0.05, 0) is 42.7 Å². The summed E-state index contributed by atoms with van der Waals surface area (Å²) in [7, 11) is 0. The summed E-state index contributed by atoms with van der Waals surface area (Å²) in [4.78, 5) is 14.3. The number of halogens is 1. The zero-order chi connectivity index (χ0) is 14.1. The van der Waals surface area contributed by atoms with Crippen molar-refractivity contribution in [2.45, 2.75) is 25.8 Å². The molecular weight excluding hydrogens is 253 g/mol. The predicted octanol–water partition coefficient (Wildman–Crippen LogP) is 3.35. The SMILES string of the molecule is C[C@@H]1Cc2ccccc2N1C(=O)Cc1cccc(F)c1. The fraction of sp³-hybridized carbons (Fsp3) is 0.235. The van der Waals surface area contributed by atoms with Crippen LogP contribution in [0, 0.1) is 5.82 Å². The molecule has 1 aliphatic rings. The highest BCUT2D eigenvalue weighted by molar-refractivity contribution is 5.97. The van der Waals surface area contributed by atoms with E-state index in [1.54, 1.807) is 12.1 Å². The minimum absolute atomic E-state index is 0.0213. The zero-order valence-corrected chi connectivity index (χ0v) is 11.3. The molecule has 1 amide bonds. The maximum absolute atomic E-state index is 13.2. The van der Waals surface area contributed by atoms with Crippen LogP contribution in [0.1, 0.15) is 18.1 Å². The molecule has 0 fully saturated rings. The number of benzene rings is 2. The summed E-state index contributed by atoms with van der Waals surface area (Å²) in [5.74, 6) is -0.279. The lowest BCUT2D eigenvalue weighted by atomic mass is 10.1. The van der Waals surface area contributed by atoms with Crippen LogP contribution in [0.25, 0.3) is 0 Å². The van der Waals surface area contributed by atoms with E-state index in [1.165, 1.54) is 17.7 Å². The summed E-state index contributed by atoms with van der Waals surface area (Å²) in [5, 5.41) is 0. The number of rotatable bonds is 2. The van der Waals surface area contributed by atoms with Crippen molar-refractivity contribution < 1.29 is 9.18 Å². The minimum atomic E-state index is -0.301. The highest BCUT2D eigenvalue weighted by Gasteiger charge is 2.30. The van der Waals surface area contributed by atoms with Gasteiger partial charge in [0.15, 0.2) is 0 Å². The summed E-state index contributed by atoms with van der Waals surface area (Å²) >= 11 is 0. The number of amides is 1. The summed E-state index contributed by atoms with van der Waals surface area (Å²) in [6, 6.07) is 14.4. The quantitative estimate of drug-likeness (QED) is 0.818. The Morgan fingerprint density at radius 1 is 1.25 bits per heavy atom. The molecule has 102 valence electrons. The fourth-order valence-corrected chi connectivity index (χ4v) is 2.85. The first-order valence-electron chi connectivity index (χ1n) is 6.79. The standard InChI is InChI=1S/C17H16FNO/c1-12-9-14-6-2-3-8-16(14)19(12)17(20)11-13-5-4-7-15(18)10-13/h2-8,10,12H,9,11H2,1H3/t12-/m1/s1. The second-order valence-corrected chi connectivity index (χ2v) is 5.25. The van der Waals surface area contributed by atoms with Gasteiger partial charge in [0.1, 0.15) is 5.82 Å². The maximum atomic E-state index is 13.2. The van der Waals surface area contributed by atoms with Gasteiger partial charge in [0.2, 0.25) is 5.91 Å². The van der Waals surface area contributed by atoms with Gasteiger partial charge in [-0.15, -0.1) is 0 Å². The first kappa shape index (κ1) is 12.9. The van der Waals surface area contributed by atoms with Crippen LogP contribution in [0.4, 0.5) is 10.1 Å². The van der Waals surface area contributed by atoms with Gasteiger partial charge in [-0.25, -0.2) is 4.39 Å². The maximum Gasteiger partial charge on any atom is 0.231 e. The van der Waals surface area contributed by atoms with Crippen LogP contribution < -0.4 is 4.90 Å². The molecule has 2 nitrogen and oxygen atoms in total. The molecule has 0 saturated carbocycles. The third-order valence-corrected chi connectivity index (χ3v) is 3.72. The number of hydrogen-bond acceptors (Lipinski definition) is 1. The Hall–Kier alpha value is -2.16. The van der Waals surface area contributed by atoms with Crippen LogP contribution in [0.2, 0.25) is 0 Å². The molecule has 2 aromatic carbocycles. The van der Waals surface area contributed by atoms with Crippen molar-refractivity contribution in [2.24, 2.45) is 0 Å². The summed E-state index contributed by atoms with van der Waals surface area (Å²) < 4.78 is 13.2. The molecule has 20 heavy (non-hydrogen) atoms. The molecule has 0 bridgehead atoms. The van der Waals surface area contributed by atoms with Crippen molar-refractivity contribution in [1.29, 1.82) is 0 Å². The fourth-order valence-electron chi connectivity index (χ4n) is 2.85. The third kappa shape index (κ3) is 2.31. The van der Waals surface area contributed by atoms with Crippen molar-refractivity contribution >= 4 is 11.6 Å². The van der Waals surface area contributed by atoms with Crippen LogP contribution in [0.15, 0.2) is 48.5 Å². The van der Waals surface area contributed by atoms with Gasteiger partial charge in [-0.3, -0.25) is 4.79 Å². The van der Waals surface area contributed by atoms with Gasteiger partial charge in [0, 0.05) is 11.7 Å². The summed E-state index contributed by atoms with van der Waals surface area (Å²) in [5.41, 5.74) is 2.90. The monoisotopic (exact) mass is 269 g/mol. The van der Waals surface area contributed by atoms with Gasteiger partial charge in [0.05, 0.1) is 6.42 Å². The van der Waals surface area contributed by atoms with Crippen molar-refractivity contribution in [2.75, 3.05) is 4.90 Å². The molecule has 0 unspecified atom stereocenters. The smallest absolute Gasteiger partial charge is 0.231 e. The highest BCUT2D eigenvalue weighted by atomic mass is 19.1. The van der Waals surface area contributed by atoms with E-state index in [9.17, 15) is 9.18 Å². The van der Waals surface area contributed by atoms with E-state index >= 15 is 0 Å². The van der Waals surface area contributed by atoms with E-state index in [2.05, 4.69) is 6.07 Å². The molecule has 0 N–H and O–H groups in total. The van der Waals surface area contributed by atoms with Gasteiger partial charge >= 0.3 is 0 Å². The van der Waals surface area contributed by atoms with Crippen LogP contribution >= 0.6 is 0 Å². The van der Waals surface area contributed by atoms with E-state index in [-0.39, 0.29) is 24.2 Å². The lowest BCUT2D eigenvalue weighted by Crippen LogP contribution is -2.36. The van der Waals surface area contributed by atoms with Crippen molar-refractivity contribution in [3.63, 3.8) is 0 Å². The molecule has 0 aromatic heterocycles. The number of hydrogen-bond donors (Lipinski definition) is 0. The lowest BCUT2D eigenvalue weighted by Gasteiger charge is -2.22. The first-order valence-corrected chi connectivity index (χ1v) is 6.79. The van der Waals surface area contributed by atoms with Gasteiger partial charge in [0.25, 0.3) is 0 Å². The molecule has 2 aromatic rings. The van der Waals surface area contributed by atoms with Crippen LogP contribution in [-0.2, 0) is 17.6 Å². The minimum Gasteiger partial charge on any atom is -0.309 e. The Morgan fingerprint density at radius 2 is 2.05 bits per heavy atom. The molecule has 3 heteroatoms. The molecule has 1 heterocycles. The van der Waals surface area contributed by atoms with Gasteiger partial charge in [-0.1, -0.05) is 30.3 Å². The molecule has 1 atom stereocenters. The van der Waals surface area contributed by atoms with E-state index in [0.29, 0.717) is 5.56 Å². The third-order valence-electron chi connectivity index (χ3n) is 3.72. The largest absolute Gasteiger partial charge is 0.309 e. The Kier molecular flexibility index (Phi) is 3.26.